The lowest BCUT2D eigenvalue weighted by Crippen LogP contribution is -2.50. The van der Waals surface area contributed by atoms with Crippen molar-refractivity contribution in [3.05, 3.63) is 47.2 Å². The molecule has 2 saturated heterocycles. The molecule has 1 aromatic carbocycles. The number of rotatable bonds is 2. The lowest BCUT2D eigenvalue weighted by atomic mass is 9.80. The van der Waals surface area contributed by atoms with Crippen molar-refractivity contribution in [3.8, 4) is 0 Å². The van der Waals surface area contributed by atoms with Crippen LogP contribution in [0.15, 0.2) is 30.3 Å². The molecule has 0 radical (unpaired) electrons. The molecule has 0 spiro atoms. The molecule has 2 aliphatic heterocycles. The van der Waals surface area contributed by atoms with E-state index in [-0.39, 0.29) is 0 Å². The smallest absolute Gasteiger partial charge is 0.222 e. The van der Waals surface area contributed by atoms with Crippen LogP contribution in [0.2, 0.25) is 0 Å². The van der Waals surface area contributed by atoms with Crippen LogP contribution in [-0.2, 0) is 5.60 Å². The number of fused-ring (bicyclic) bond motifs is 2. The van der Waals surface area contributed by atoms with Crippen LogP contribution in [0.25, 0.3) is 0 Å². The average Bonchev–Trinajstić information content (AvgIpc) is 2.79. The number of piperidine rings is 1. The lowest BCUT2D eigenvalue weighted by Gasteiger charge is -2.44. The van der Waals surface area contributed by atoms with Crippen molar-refractivity contribution in [2.75, 3.05) is 10.6 Å². The molecule has 5 nitrogen and oxygen atoms in total. The van der Waals surface area contributed by atoms with E-state index in [4.69, 9.17) is 5.73 Å². The molecule has 2 aromatic rings. The first-order valence-electron chi connectivity index (χ1n) is 8.64. The van der Waals surface area contributed by atoms with Gasteiger partial charge in [0, 0.05) is 36.7 Å². The van der Waals surface area contributed by atoms with Gasteiger partial charge in [-0.25, -0.2) is 4.98 Å². The standard InChI is InChI=1S/C19H24N4O/c1-12-3-5-14(6-4-12)19(24)10-15-7-8-16(11-19)23(15)17-9-13(2)21-18(20)22-17/h3-6,9,15-16,24H,7-8,10-11H2,1-2H3,(H2,20,21,22)/t15-,16-/m0/s1. The predicted molar refractivity (Wildman–Crippen MR) is 94.8 cm³/mol. The number of nitrogens with two attached hydrogens (primary N) is 1. The molecule has 4 rings (SSSR count). The Morgan fingerprint density at radius 2 is 1.71 bits per heavy atom. The minimum absolute atomic E-state index is 0.295. The minimum Gasteiger partial charge on any atom is -0.385 e. The lowest BCUT2D eigenvalue weighted by molar-refractivity contribution is -0.00318. The summed E-state index contributed by atoms with van der Waals surface area (Å²) in [5, 5.41) is 11.3. The number of anilines is 2. The van der Waals surface area contributed by atoms with Crippen molar-refractivity contribution in [1.29, 1.82) is 0 Å². The van der Waals surface area contributed by atoms with E-state index in [1.165, 1.54) is 5.56 Å². The molecule has 2 aliphatic rings. The van der Waals surface area contributed by atoms with Crippen molar-refractivity contribution in [3.63, 3.8) is 0 Å². The molecular weight excluding hydrogens is 300 g/mol. The van der Waals surface area contributed by atoms with Gasteiger partial charge in [0.1, 0.15) is 5.82 Å². The van der Waals surface area contributed by atoms with Crippen LogP contribution in [0, 0.1) is 13.8 Å². The van der Waals surface area contributed by atoms with Gasteiger partial charge in [0.2, 0.25) is 5.95 Å². The first-order valence-corrected chi connectivity index (χ1v) is 8.64. The van der Waals surface area contributed by atoms with Gasteiger partial charge in [0.05, 0.1) is 5.60 Å². The highest BCUT2D eigenvalue weighted by Crippen LogP contribution is 2.47. The Balaban J connectivity index is 1.65. The molecule has 24 heavy (non-hydrogen) atoms. The minimum atomic E-state index is -0.746. The van der Waals surface area contributed by atoms with Gasteiger partial charge in [-0.2, -0.15) is 4.98 Å². The fourth-order valence-electron chi connectivity index (χ4n) is 4.41. The molecule has 0 amide bonds. The second kappa shape index (κ2) is 5.45. The van der Waals surface area contributed by atoms with Crippen LogP contribution in [0.5, 0.6) is 0 Å². The van der Waals surface area contributed by atoms with Crippen LogP contribution >= 0.6 is 0 Å². The Kier molecular flexibility index (Phi) is 3.49. The molecule has 126 valence electrons. The molecule has 0 aliphatic carbocycles. The summed E-state index contributed by atoms with van der Waals surface area (Å²) in [4.78, 5) is 11.0. The van der Waals surface area contributed by atoms with Gasteiger partial charge in [-0.05, 0) is 32.3 Å². The Morgan fingerprint density at radius 3 is 2.29 bits per heavy atom. The largest absolute Gasteiger partial charge is 0.385 e. The number of hydrogen-bond donors (Lipinski definition) is 2. The van der Waals surface area contributed by atoms with E-state index in [0.717, 1.165) is 42.8 Å². The zero-order valence-electron chi connectivity index (χ0n) is 14.2. The molecule has 2 bridgehead atoms. The van der Waals surface area contributed by atoms with Gasteiger partial charge in [-0.15, -0.1) is 0 Å². The number of benzene rings is 1. The zero-order valence-corrected chi connectivity index (χ0v) is 14.2. The van der Waals surface area contributed by atoms with Crippen molar-refractivity contribution in [1.82, 2.24) is 9.97 Å². The molecule has 2 atom stereocenters. The quantitative estimate of drug-likeness (QED) is 0.888. The van der Waals surface area contributed by atoms with Crippen molar-refractivity contribution in [2.24, 2.45) is 0 Å². The zero-order chi connectivity index (χ0) is 16.9. The normalized spacial score (nSPS) is 29.0. The third-order valence-electron chi connectivity index (χ3n) is 5.48. The summed E-state index contributed by atoms with van der Waals surface area (Å²) in [6, 6.07) is 10.9. The number of nitrogens with zero attached hydrogens (tertiary/aromatic N) is 3. The Labute approximate surface area is 142 Å². The molecule has 0 unspecified atom stereocenters. The number of nitrogen functional groups attached to an aromatic ring is 1. The number of aliphatic hydroxyl groups is 1. The van der Waals surface area contributed by atoms with E-state index in [0.29, 0.717) is 18.0 Å². The Bertz CT molecular complexity index is 724. The summed E-state index contributed by atoms with van der Waals surface area (Å²) in [6.07, 6.45) is 3.63. The summed E-state index contributed by atoms with van der Waals surface area (Å²) < 4.78 is 0. The summed E-state index contributed by atoms with van der Waals surface area (Å²) in [5.41, 5.74) is 8.22. The third-order valence-corrected chi connectivity index (χ3v) is 5.48. The van der Waals surface area contributed by atoms with Crippen LogP contribution in [0.3, 0.4) is 0 Å². The number of hydrogen-bond acceptors (Lipinski definition) is 5. The maximum Gasteiger partial charge on any atom is 0.222 e. The van der Waals surface area contributed by atoms with Crippen molar-refractivity contribution in [2.45, 2.75) is 57.2 Å². The van der Waals surface area contributed by atoms with Crippen LogP contribution in [0.4, 0.5) is 11.8 Å². The molecule has 3 heterocycles. The van der Waals surface area contributed by atoms with Crippen LogP contribution < -0.4 is 10.6 Å². The summed E-state index contributed by atoms with van der Waals surface area (Å²) in [6.45, 7) is 4.01. The SMILES string of the molecule is Cc1ccc(C2(O)C[C@@H]3CC[C@@H](C2)N3c2cc(C)nc(N)n2)cc1. The van der Waals surface area contributed by atoms with Crippen LogP contribution in [0.1, 0.15) is 42.5 Å². The van der Waals surface area contributed by atoms with Gasteiger partial charge >= 0.3 is 0 Å². The van der Waals surface area contributed by atoms with Gasteiger partial charge in [0.25, 0.3) is 0 Å². The average molecular weight is 324 g/mol. The van der Waals surface area contributed by atoms with Crippen LogP contribution in [-0.4, -0.2) is 27.2 Å². The molecular formula is C19H24N4O. The highest BCUT2D eigenvalue weighted by atomic mass is 16.3. The van der Waals surface area contributed by atoms with E-state index in [1.807, 2.05) is 13.0 Å². The fourth-order valence-corrected chi connectivity index (χ4v) is 4.41. The Morgan fingerprint density at radius 1 is 1.08 bits per heavy atom. The molecule has 5 heteroatoms. The van der Waals surface area contributed by atoms with Gasteiger partial charge < -0.3 is 15.7 Å². The highest BCUT2D eigenvalue weighted by molar-refractivity contribution is 5.48. The Hall–Kier alpha value is -2.14. The predicted octanol–water partition coefficient (Wildman–Crippen LogP) is 2.69. The monoisotopic (exact) mass is 324 g/mol. The van der Waals surface area contributed by atoms with E-state index in [1.54, 1.807) is 0 Å². The van der Waals surface area contributed by atoms with E-state index >= 15 is 0 Å². The number of aromatic nitrogens is 2. The second-order valence-corrected chi connectivity index (χ2v) is 7.32. The molecule has 3 N–H and O–H groups in total. The van der Waals surface area contributed by atoms with Gasteiger partial charge in [-0.1, -0.05) is 29.8 Å². The maximum absolute atomic E-state index is 11.3. The van der Waals surface area contributed by atoms with Gasteiger partial charge in [0.15, 0.2) is 0 Å². The third kappa shape index (κ3) is 2.53. The van der Waals surface area contributed by atoms with Crippen molar-refractivity contribution < 1.29 is 5.11 Å². The second-order valence-electron chi connectivity index (χ2n) is 7.32. The number of aryl methyl sites for hydroxylation is 2. The molecule has 2 fully saturated rings. The van der Waals surface area contributed by atoms with E-state index in [9.17, 15) is 5.11 Å². The van der Waals surface area contributed by atoms with Crippen molar-refractivity contribution >= 4 is 11.8 Å². The molecule has 0 saturated carbocycles. The summed E-state index contributed by atoms with van der Waals surface area (Å²) in [5.74, 6) is 1.22. The topological polar surface area (TPSA) is 75.3 Å². The summed E-state index contributed by atoms with van der Waals surface area (Å²) in [7, 11) is 0. The fraction of sp³-hybridized carbons (Fsp3) is 0.474. The van der Waals surface area contributed by atoms with E-state index < -0.39 is 5.60 Å². The first-order chi connectivity index (χ1) is 11.4. The first kappa shape index (κ1) is 15.4. The van der Waals surface area contributed by atoms with E-state index in [2.05, 4.69) is 46.1 Å². The highest BCUT2D eigenvalue weighted by Gasteiger charge is 2.48. The summed E-state index contributed by atoms with van der Waals surface area (Å²) >= 11 is 0. The maximum atomic E-state index is 11.3. The molecule has 1 aromatic heterocycles. The van der Waals surface area contributed by atoms with Gasteiger partial charge in [-0.3, -0.25) is 0 Å².